The summed E-state index contributed by atoms with van der Waals surface area (Å²) in [6, 6.07) is 3.11. The Labute approximate surface area is 114 Å². The van der Waals surface area contributed by atoms with Gasteiger partial charge in [-0.05, 0) is 25.1 Å². The highest BCUT2D eigenvalue weighted by molar-refractivity contribution is 5.95. The summed E-state index contributed by atoms with van der Waals surface area (Å²) in [7, 11) is 0. The molecule has 1 atom stereocenters. The number of benzene rings is 1. The van der Waals surface area contributed by atoms with Crippen molar-refractivity contribution in [3.05, 3.63) is 47.8 Å². The van der Waals surface area contributed by atoms with Gasteiger partial charge in [0.25, 0.3) is 5.91 Å². The van der Waals surface area contributed by atoms with E-state index in [9.17, 15) is 13.6 Å². The second kappa shape index (κ2) is 5.68. The van der Waals surface area contributed by atoms with Gasteiger partial charge in [-0.2, -0.15) is 5.10 Å². The van der Waals surface area contributed by atoms with Crippen LogP contribution in [0.15, 0.2) is 30.6 Å². The minimum Gasteiger partial charge on any atom is -0.396 e. The normalized spacial score (nSPS) is 12.2. The lowest BCUT2D eigenvalue weighted by Gasteiger charge is -2.14. The molecule has 2 aromatic rings. The number of halogens is 2. The highest BCUT2D eigenvalue weighted by Crippen LogP contribution is 2.17. The number of nitrogen functional groups attached to an aromatic ring is 1. The lowest BCUT2D eigenvalue weighted by Crippen LogP contribution is -2.36. The summed E-state index contributed by atoms with van der Waals surface area (Å²) >= 11 is 0. The Balaban J connectivity index is 2.08. The molecule has 0 aliphatic rings. The van der Waals surface area contributed by atoms with E-state index in [1.807, 2.05) is 0 Å². The molecule has 0 spiro atoms. The van der Waals surface area contributed by atoms with Gasteiger partial charge in [-0.25, -0.2) is 8.78 Å². The smallest absolute Gasteiger partial charge is 0.254 e. The molecule has 0 aliphatic carbocycles. The number of anilines is 1. The molecular formula is C13H14F2N4O. The molecule has 3 N–H and O–H groups in total. The molecule has 7 heteroatoms. The number of carbonyl (C=O) groups excluding carboxylic acids is 1. The third-order valence-corrected chi connectivity index (χ3v) is 2.71. The van der Waals surface area contributed by atoms with Gasteiger partial charge in [0.1, 0.15) is 5.82 Å². The van der Waals surface area contributed by atoms with Crippen LogP contribution in [-0.2, 0) is 6.54 Å². The first-order valence-electron chi connectivity index (χ1n) is 6.00. The topological polar surface area (TPSA) is 72.9 Å². The average molecular weight is 280 g/mol. The summed E-state index contributed by atoms with van der Waals surface area (Å²) in [5.74, 6) is -2.39. The first-order valence-corrected chi connectivity index (χ1v) is 6.00. The van der Waals surface area contributed by atoms with Gasteiger partial charge in [0, 0.05) is 18.4 Å². The van der Waals surface area contributed by atoms with E-state index in [4.69, 9.17) is 5.73 Å². The van der Waals surface area contributed by atoms with Gasteiger partial charge >= 0.3 is 0 Å². The van der Waals surface area contributed by atoms with Crippen molar-refractivity contribution in [3.8, 4) is 0 Å². The standard InChI is InChI=1S/C13H14F2N4O/c1-8(7-19-4-2-3-17-19)18-13(20)10-5-9(14)6-11(16)12(10)15/h2-6,8H,7,16H2,1H3,(H,18,20). The fourth-order valence-corrected chi connectivity index (χ4v) is 1.81. The Morgan fingerprint density at radius 1 is 1.50 bits per heavy atom. The molecule has 0 fully saturated rings. The number of aromatic nitrogens is 2. The molecule has 5 nitrogen and oxygen atoms in total. The van der Waals surface area contributed by atoms with Crippen LogP contribution in [0.25, 0.3) is 0 Å². The van der Waals surface area contributed by atoms with Crippen molar-refractivity contribution in [2.45, 2.75) is 19.5 Å². The number of nitrogens with zero attached hydrogens (tertiary/aromatic N) is 2. The quantitative estimate of drug-likeness (QED) is 0.835. The molecule has 2 rings (SSSR count). The summed E-state index contributed by atoms with van der Waals surface area (Å²) in [6.45, 7) is 2.16. The molecular weight excluding hydrogens is 266 g/mol. The van der Waals surface area contributed by atoms with Gasteiger partial charge < -0.3 is 11.1 Å². The summed E-state index contributed by atoms with van der Waals surface area (Å²) in [5.41, 5.74) is 4.49. The lowest BCUT2D eigenvalue weighted by atomic mass is 10.1. The number of amides is 1. The predicted molar refractivity (Wildman–Crippen MR) is 69.9 cm³/mol. The lowest BCUT2D eigenvalue weighted by molar-refractivity contribution is 0.0931. The summed E-state index contributed by atoms with van der Waals surface area (Å²) < 4.78 is 28.5. The fourth-order valence-electron chi connectivity index (χ4n) is 1.81. The van der Waals surface area contributed by atoms with Gasteiger partial charge in [-0.3, -0.25) is 9.48 Å². The van der Waals surface area contributed by atoms with Gasteiger partial charge in [-0.1, -0.05) is 0 Å². The Kier molecular flexibility index (Phi) is 3.97. The van der Waals surface area contributed by atoms with Crippen molar-refractivity contribution in [2.75, 3.05) is 5.73 Å². The highest BCUT2D eigenvalue weighted by atomic mass is 19.1. The number of rotatable bonds is 4. The maximum atomic E-state index is 13.7. The number of nitrogens with one attached hydrogen (secondary N) is 1. The Morgan fingerprint density at radius 2 is 2.25 bits per heavy atom. The van der Waals surface area contributed by atoms with Crippen LogP contribution in [-0.4, -0.2) is 21.7 Å². The molecule has 1 unspecified atom stereocenters. The van der Waals surface area contributed by atoms with E-state index in [1.54, 1.807) is 30.1 Å². The van der Waals surface area contributed by atoms with Crippen LogP contribution < -0.4 is 11.1 Å². The molecule has 1 aromatic heterocycles. The molecule has 106 valence electrons. The SMILES string of the molecule is CC(Cn1cccn1)NC(=O)c1cc(F)cc(N)c1F. The Morgan fingerprint density at radius 3 is 2.90 bits per heavy atom. The van der Waals surface area contributed by atoms with E-state index in [-0.39, 0.29) is 6.04 Å². The monoisotopic (exact) mass is 280 g/mol. The maximum absolute atomic E-state index is 13.7. The second-order valence-corrected chi connectivity index (χ2v) is 4.46. The molecule has 0 aliphatic heterocycles. The van der Waals surface area contributed by atoms with E-state index in [0.29, 0.717) is 6.54 Å². The molecule has 1 aromatic carbocycles. The minimum absolute atomic E-state index is 0.300. The first kappa shape index (κ1) is 14.0. The van der Waals surface area contributed by atoms with E-state index in [0.717, 1.165) is 12.1 Å². The number of nitrogens with two attached hydrogens (primary N) is 1. The Bertz CT molecular complexity index is 613. The van der Waals surface area contributed by atoms with Crippen molar-refractivity contribution in [1.29, 1.82) is 0 Å². The Hall–Kier alpha value is -2.44. The number of hydrogen-bond acceptors (Lipinski definition) is 3. The van der Waals surface area contributed by atoms with Crippen LogP contribution >= 0.6 is 0 Å². The third kappa shape index (κ3) is 3.11. The minimum atomic E-state index is -0.921. The zero-order valence-corrected chi connectivity index (χ0v) is 10.8. The van der Waals surface area contributed by atoms with Gasteiger partial charge in [0.15, 0.2) is 5.82 Å². The van der Waals surface area contributed by atoms with Crippen molar-refractivity contribution < 1.29 is 13.6 Å². The van der Waals surface area contributed by atoms with Gasteiger partial charge in [0.2, 0.25) is 0 Å². The predicted octanol–water partition coefficient (Wildman–Crippen LogP) is 1.56. The maximum Gasteiger partial charge on any atom is 0.254 e. The molecule has 1 amide bonds. The van der Waals surface area contributed by atoms with E-state index in [1.165, 1.54) is 0 Å². The van der Waals surface area contributed by atoms with E-state index < -0.39 is 28.8 Å². The number of carbonyl (C=O) groups is 1. The highest BCUT2D eigenvalue weighted by Gasteiger charge is 2.17. The van der Waals surface area contributed by atoms with Crippen molar-refractivity contribution in [3.63, 3.8) is 0 Å². The van der Waals surface area contributed by atoms with Crippen LogP contribution in [0.1, 0.15) is 17.3 Å². The largest absolute Gasteiger partial charge is 0.396 e. The van der Waals surface area contributed by atoms with Crippen LogP contribution in [0.2, 0.25) is 0 Å². The van der Waals surface area contributed by atoms with Crippen molar-refractivity contribution in [1.82, 2.24) is 15.1 Å². The molecule has 0 bridgehead atoms. The molecule has 1 heterocycles. The third-order valence-electron chi connectivity index (χ3n) is 2.71. The second-order valence-electron chi connectivity index (χ2n) is 4.46. The summed E-state index contributed by atoms with van der Waals surface area (Å²) in [4.78, 5) is 11.9. The first-order chi connectivity index (χ1) is 9.47. The molecule has 0 saturated carbocycles. The van der Waals surface area contributed by atoms with Crippen LogP contribution in [0.3, 0.4) is 0 Å². The summed E-state index contributed by atoms with van der Waals surface area (Å²) in [5, 5.41) is 6.56. The van der Waals surface area contributed by atoms with E-state index >= 15 is 0 Å². The van der Waals surface area contributed by atoms with Crippen LogP contribution in [0.5, 0.6) is 0 Å². The molecule has 0 radical (unpaired) electrons. The van der Waals surface area contributed by atoms with Crippen molar-refractivity contribution in [2.24, 2.45) is 0 Å². The zero-order valence-electron chi connectivity index (χ0n) is 10.8. The van der Waals surface area contributed by atoms with Gasteiger partial charge in [0.05, 0.1) is 17.8 Å². The number of hydrogen-bond donors (Lipinski definition) is 2. The average Bonchev–Trinajstić information content (AvgIpc) is 2.86. The fraction of sp³-hybridized carbons (Fsp3) is 0.231. The van der Waals surface area contributed by atoms with E-state index in [2.05, 4.69) is 10.4 Å². The van der Waals surface area contributed by atoms with Crippen molar-refractivity contribution >= 4 is 11.6 Å². The molecule has 20 heavy (non-hydrogen) atoms. The zero-order chi connectivity index (χ0) is 14.7. The van der Waals surface area contributed by atoms with Crippen LogP contribution in [0.4, 0.5) is 14.5 Å². The van der Waals surface area contributed by atoms with Crippen LogP contribution in [0, 0.1) is 11.6 Å². The molecule has 0 saturated heterocycles. The van der Waals surface area contributed by atoms with Gasteiger partial charge in [-0.15, -0.1) is 0 Å². The summed E-state index contributed by atoms with van der Waals surface area (Å²) in [6.07, 6.45) is 3.35.